The van der Waals surface area contributed by atoms with Crippen LogP contribution in [-0.2, 0) is 16.1 Å². The highest BCUT2D eigenvalue weighted by Gasteiger charge is 2.34. The van der Waals surface area contributed by atoms with Crippen LogP contribution in [0, 0.1) is 0 Å². The molecule has 13 heteroatoms. The number of halogens is 2. The van der Waals surface area contributed by atoms with E-state index in [2.05, 4.69) is 42.8 Å². The van der Waals surface area contributed by atoms with Crippen molar-refractivity contribution in [1.82, 2.24) is 25.1 Å². The van der Waals surface area contributed by atoms with E-state index in [0.717, 1.165) is 69.0 Å². The van der Waals surface area contributed by atoms with E-state index in [1.165, 1.54) is 0 Å². The third-order valence-corrected chi connectivity index (χ3v) is 9.49. The number of piperidine rings is 1. The average molecular weight is 613 g/mol. The van der Waals surface area contributed by atoms with Gasteiger partial charge in [-0.2, -0.15) is 0 Å². The van der Waals surface area contributed by atoms with Crippen molar-refractivity contribution < 1.29 is 14.1 Å². The van der Waals surface area contributed by atoms with Gasteiger partial charge in [0.1, 0.15) is 0 Å². The zero-order valence-electron chi connectivity index (χ0n) is 23.1. The molecule has 0 bridgehead atoms. The lowest BCUT2D eigenvalue weighted by molar-refractivity contribution is 0.0608. The lowest BCUT2D eigenvalue weighted by atomic mass is 9.98. The van der Waals surface area contributed by atoms with E-state index in [0.29, 0.717) is 22.9 Å². The molecule has 0 aliphatic carbocycles. The lowest BCUT2D eigenvalue weighted by Gasteiger charge is -2.47. The highest BCUT2D eigenvalue weighted by Crippen LogP contribution is 2.30. The minimum absolute atomic E-state index is 0.0132. The van der Waals surface area contributed by atoms with Crippen LogP contribution in [0.3, 0.4) is 0 Å². The van der Waals surface area contributed by atoms with Crippen LogP contribution in [0.15, 0.2) is 23.1 Å². The van der Waals surface area contributed by atoms with Gasteiger partial charge in [0, 0.05) is 61.0 Å². The number of likely N-dealkylation sites (tertiary alicyclic amines) is 1. The second-order valence-corrected chi connectivity index (χ2v) is 13.8. The summed E-state index contributed by atoms with van der Waals surface area (Å²) in [6.45, 7) is 7.07. The molecule has 2 aliphatic rings. The molecule has 4 N–H and O–H groups in total. The van der Waals surface area contributed by atoms with Gasteiger partial charge in [0.15, 0.2) is 22.5 Å². The molecule has 0 radical (unpaired) electrons. The molecule has 0 saturated carbocycles. The van der Waals surface area contributed by atoms with Crippen molar-refractivity contribution in [3.8, 4) is 0 Å². The van der Waals surface area contributed by atoms with Gasteiger partial charge in [-0.25, -0.2) is 9.97 Å². The number of nitrogens with one attached hydrogen (secondary N) is 1. The predicted octanol–water partition coefficient (Wildman–Crippen LogP) is 2.36. The number of aliphatic hydroxyl groups is 1. The van der Waals surface area contributed by atoms with Crippen LogP contribution in [0.5, 0.6) is 0 Å². The summed E-state index contributed by atoms with van der Waals surface area (Å²) >= 11 is 12.6. The Morgan fingerprint density at radius 2 is 1.95 bits per heavy atom. The number of aromatic nitrogens is 2. The van der Waals surface area contributed by atoms with Crippen LogP contribution in [0.2, 0.25) is 10.2 Å². The van der Waals surface area contributed by atoms with Crippen molar-refractivity contribution in [2.75, 3.05) is 62.8 Å². The third kappa shape index (κ3) is 7.18. The molecular weight excluding hydrogens is 573 g/mol. The van der Waals surface area contributed by atoms with Crippen LogP contribution >= 0.6 is 23.2 Å². The van der Waals surface area contributed by atoms with E-state index in [1.807, 2.05) is 12.1 Å². The van der Waals surface area contributed by atoms with Crippen LogP contribution in [0.1, 0.15) is 42.2 Å². The van der Waals surface area contributed by atoms with E-state index >= 15 is 0 Å². The summed E-state index contributed by atoms with van der Waals surface area (Å²) in [5, 5.41) is 12.2. The maximum absolute atomic E-state index is 12.7. The average Bonchev–Trinajstić information content (AvgIpc) is 2.93. The molecule has 0 spiro atoms. The third-order valence-electron chi connectivity index (χ3n) is 7.69. The number of nitrogen functional groups attached to an aromatic ring is 1. The van der Waals surface area contributed by atoms with Gasteiger partial charge >= 0.3 is 0 Å². The summed E-state index contributed by atoms with van der Waals surface area (Å²) in [6.07, 6.45) is 4.74. The van der Waals surface area contributed by atoms with E-state index in [1.54, 1.807) is 12.3 Å². The summed E-state index contributed by atoms with van der Waals surface area (Å²) < 4.78 is 12.7. The SMILES string of the molecule is C=S(C)(=O)c1cc(Cl)ccc1CN1CCC(N2CCN(c3nc(N)c(C(=O)NCCO)nc3Cl)C[C@@H]2CC)CC1. The number of benzene rings is 1. The number of amides is 1. The Kier molecular flexibility index (Phi) is 10.2. The maximum Gasteiger partial charge on any atom is 0.273 e. The Hall–Kier alpha value is -2.15. The molecule has 2 aliphatic heterocycles. The topological polar surface area (TPSA) is 128 Å². The second-order valence-electron chi connectivity index (χ2n) is 10.6. The minimum Gasteiger partial charge on any atom is -0.395 e. The van der Waals surface area contributed by atoms with Crippen LogP contribution in [0.25, 0.3) is 0 Å². The Labute approximate surface area is 246 Å². The Bertz CT molecular complexity index is 1320. The number of aliphatic hydroxyl groups excluding tert-OH is 1. The molecule has 3 heterocycles. The number of carbonyl (C=O) groups excluding carboxylic acids is 1. The predicted molar refractivity (Wildman–Crippen MR) is 163 cm³/mol. The fourth-order valence-electron chi connectivity index (χ4n) is 5.66. The van der Waals surface area contributed by atoms with E-state index < -0.39 is 15.4 Å². The number of rotatable bonds is 9. The molecule has 220 valence electrons. The summed E-state index contributed by atoms with van der Waals surface area (Å²) in [5.41, 5.74) is 7.05. The van der Waals surface area contributed by atoms with Crippen LogP contribution in [0.4, 0.5) is 11.6 Å². The van der Waals surface area contributed by atoms with Gasteiger partial charge in [0.2, 0.25) is 0 Å². The summed E-state index contributed by atoms with van der Waals surface area (Å²) in [6, 6.07) is 6.40. The van der Waals surface area contributed by atoms with Crippen molar-refractivity contribution >= 4 is 56.1 Å². The van der Waals surface area contributed by atoms with Gasteiger partial charge in [-0.3, -0.25) is 18.8 Å². The Morgan fingerprint density at radius 1 is 1.23 bits per heavy atom. The summed E-state index contributed by atoms with van der Waals surface area (Å²) in [7, 11) is -2.37. The van der Waals surface area contributed by atoms with Crippen LogP contribution in [-0.4, -0.2) is 105 Å². The largest absolute Gasteiger partial charge is 0.395 e. The monoisotopic (exact) mass is 611 g/mol. The normalized spacial score (nSPS) is 20.8. The van der Waals surface area contributed by atoms with Gasteiger partial charge in [0.05, 0.1) is 6.61 Å². The lowest BCUT2D eigenvalue weighted by Crippen LogP contribution is -2.58. The molecule has 4 rings (SSSR count). The first-order valence-corrected chi connectivity index (χ1v) is 16.5. The molecule has 1 amide bonds. The maximum atomic E-state index is 12.7. The second kappa shape index (κ2) is 13.2. The fourth-order valence-corrected chi connectivity index (χ4v) is 7.20. The highest BCUT2D eigenvalue weighted by molar-refractivity contribution is 7.99. The number of anilines is 2. The smallest absolute Gasteiger partial charge is 0.273 e. The molecule has 1 aromatic carbocycles. The molecule has 2 fully saturated rings. The minimum atomic E-state index is -2.37. The zero-order valence-corrected chi connectivity index (χ0v) is 25.4. The van der Waals surface area contributed by atoms with E-state index in [4.69, 9.17) is 34.0 Å². The van der Waals surface area contributed by atoms with Gasteiger partial charge in [0.25, 0.3) is 5.91 Å². The Balaban J connectivity index is 1.38. The molecule has 2 atom stereocenters. The van der Waals surface area contributed by atoms with Crippen molar-refractivity contribution in [3.63, 3.8) is 0 Å². The molecule has 1 aromatic heterocycles. The van der Waals surface area contributed by atoms with Crippen molar-refractivity contribution in [2.24, 2.45) is 0 Å². The number of nitrogens with zero attached hydrogens (tertiary/aromatic N) is 5. The molecule has 40 heavy (non-hydrogen) atoms. The van der Waals surface area contributed by atoms with Crippen molar-refractivity contribution in [1.29, 1.82) is 0 Å². The standard InChI is InChI=1S/C27H39Cl2N7O3S/c1-4-20-17-35(26-24(29)32-23(25(30)33-26)27(38)31-9-14-37)12-13-36(20)21-7-10-34(11-8-21)16-18-5-6-19(28)15-22(18)40(2,3)39/h5-6,15,20-21,37H,2,4,7-14,16-17H2,1,3H3,(H2,30,33)(H,31,38)/t20-,40?/m0/s1. The highest BCUT2D eigenvalue weighted by atomic mass is 35.5. The number of hydrogen-bond acceptors (Lipinski definition) is 9. The number of hydrogen-bond donors (Lipinski definition) is 3. The zero-order chi connectivity index (χ0) is 29.0. The molecular formula is C27H39Cl2N7O3S. The first-order chi connectivity index (χ1) is 19.0. The van der Waals surface area contributed by atoms with Crippen LogP contribution < -0.4 is 16.0 Å². The molecule has 2 aromatic rings. The number of piperazine rings is 1. The molecule has 2 saturated heterocycles. The van der Waals surface area contributed by atoms with E-state index in [-0.39, 0.29) is 29.8 Å². The molecule has 10 nitrogen and oxygen atoms in total. The Morgan fingerprint density at radius 3 is 2.60 bits per heavy atom. The first kappa shape index (κ1) is 30.8. The van der Waals surface area contributed by atoms with Gasteiger partial charge < -0.3 is 21.1 Å². The number of nitrogens with two attached hydrogens (primary N) is 1. The fraction of sp³-hybridized carbons (Fsp3) is 0.556. The first-order valence-electron chi connectivity index (χ1n) is 13.6. The quantitative estimate of drug-likeness (QED) is 0.366. The van der Waals surface area contributed by atoms with Gasteiger partial charge in [-0.05, 0) is 65.4 Å². The van der Waals surface area contributed by atoms with Gasteiger partial charge in [-0.1, -0.05) is 36.2 Å². The number of carbonyl (C=O) groups is 1. The van der Waals surface area contributed by atoms with Gasteiger partial charge in [-0.15, -0.1) is 0 Å². The van der Waals surface area contributed by atoms with Crippen molar-refractivity contribution in [3.05, 3.63) is 39.6 Å². The summed E-state index contributed by atoms with van der Waals surface area (Å²) in [4.78, 5) is 28.8. The summed E-state index contributed by atoms with van der Waals surface area (Å²) in [5.74, 6) is 3.86. The molecule has 1 unspecified atom stereocenters. The van der Waals surface area contributed by atoms with E-state index in [9.17, 15) is 9.00 Å². The van der Waals surface area contributed by atoms with Crippen molar-refractivity contribution in [2.45, 2.75) is 49.7 Å².